The Kier molecular flexibility index (Phi) is 6.57. The lowest BCUT2D eigenvalue weighted by Crippen LogP contribution is -2.44. The van der Waals surface area contributed by atoms with Crippen LogP contribution in [0.4, 0.5) is 9.18 Å². The molecule has 9 heteroatoms. The van der Waals surface area contributed by atoms with Gasteiger partial charge in [0.1, 0.15) is 17.9 Å². The van der Waals surface area contributed by atoms with E-state index in [1.165, 1.54) is 38.3 Å². The number of hydrogen-bond acceptors (Lipinski definition) is 5. The molecule has 3 rings (SSSR count). The summed E-state index contributed by atoms with van der Waals surface area (Å²) in [5.41, 5.74) is 0.662. The standard InChI is InChI=1S/C23H24FN3O5/c1-14-4-6-15(7-5-14)18(12-20(29)32-3)25-19(28)13-27-21(30)23(2,26-22(27)31)16-8-10-17(24)11-9-16/h4-11,18H,12-13H2,1-3H3,(H,25,28)(H,26,31)/t18-,23+/m1/s1. The average Bonchev–Trinajstić information content (AvgIpc) is 2.98. The van der Waals surface area contributed by atoms with E-state index in [2.05, 4.69) is 10.6 Å². The molecule has 0 saturated carbocycles. The molecule has 1 saturated heterocycles. The van der Waals surface area contributed by atoms with Gasteiger partial charge in [-0.05, 0) is 37.1 Å². The number of rotatable bonds is 7. The van der Waals surface area contributed by atoms with Gasteiger partial charge in [0.2, 0.25) is 5.91 Å². The maximum Gasteiger partial charge on any atom is 0.325 e. The summed E-state index contributed by atoms with van der Waals surface area (Å²) in [5.74, 6) is -2.25. The van der Waals surface area contributed by atoms with Crippen molar-refractivity contribution in [3.05, 3.63) is 71.0 Å². The fourth-order valence-corrected chi connectivity index (χ4v) is 3.50. The maximum atomic E-state index is 13.3. The molecule has 0 aromatic heterocycles. The number of amides is 4. The molecule has 168 valence electrons. The van der Waals surface area contributed by atoms with Gasteiger partial charge in [0.05, 0.1) is 19.6 Å². The zero-order valence-electron chi connectivity index (χ0n) is 18.0. The number of esters is 1. The van der Waals surface area contributed by atoms with Crippen LogP contribution in [0, 0.1) is 12.7 Å². The van der Waals surface area contributed by atoms with Crippen LogP contribution in [0.5, 0.6) is 0 Å². The first kappa shape index (κ1) is 22.9. The maximum absolute atomic E-state index is 13.3. The van der Waals surface area contributed by atoms with E-state index >= 15 is 0 Å². The third-order valence-electron chi connectivity index (χ3n) is 5.41. The molecule has 0 aliphatic carbocycles. The van der Waals surface area contributed by atoms with Crippen LogP contribution < -0.4 is 10.6 Å². The first-order valence-electron chi connectivity index (χ1n) is 9.97. The topological polar surface area (TPSA) is 105 Å². The van der Waals surface area contributed by atoms with E-state index in [9.17, 15) is 23.6 Å². The Balaban J connectivity index is 1.75. The number of benzene rings is 2. The zero-order chi connectivity index (χ0) is 23.5. The van der Waals surface area contributed by atoms with Crippen molar-refractivity contribution in [1.82, 2.24) is 15.5 Å². The normalized spacial score (nSPS) is 18.8. The first-order chi connectivity index (χ1) is 15.1. The quantitative estimate of drug-likeness (QED) is 0.507. The molecule has 1 aliphatic rings. The molecule has 4 amide bonds. The number of carbonyl (C=O) groups is 4. The summed E-state index contributed by atoms with van der Waals surface area (Å²) in [4.78, 5) is 50.8. The fourth-order valence-electron chi connectivity index (χ4n) is 3.50. The molecule has 2 aromatic carbocycles. The second-order valence-corrected chi connectivity index (χ2v) is 7.76. The molecular formula is C23H24FN3O5. The molecule has 0 radical (unpaired) electrons. The lowest BCUT2D eigenvalue weighted by atomic mass is 9.92. The fraction of sp³-hybridized carbons (Fsp3) is 0.304. The minimum absolute atomic E-state index is 0.112. The molecule has 2 aromatic rings. The van der Waals surface area contributed by atoms with Crippen molar-refractivity contribution < 1.29 is 28.3 Å². The Bertz CT molecular complexity index is 1040. The van der Waals surface area contributed by atoms with Crippen LogP contribution in [-0.2, 0) is 24.7 Å². The number of imide groups is 1. The third-order valence-corrected chi connectivity index (χ3v) is 5.41. The molecular weight excluding hydrogens is 417 g/mol. The largest absolute Gasteiger partial charge is 0.469 e. The number of carbonyl (C=O) groups excluding carboxylic acids is 4. The van der Waals surface area contributed by atoms with Crippen molar-refractivity contribution in [3.63, 3.8) is 0 Å². The minimum Gasteiger partial charge on any atom is -0.469 e. The van der Waals surface area contributed by atoms with Gasteiger partial charge in [0.25, 0.3) is 5.91 Å². The smallest absolute Gasteiger partial charge is 0.325 e. The van der Waals surface area contributed by atoms with E-state index in [0.29, 0.717) is 11.1 Å². The Morgan fingerprint density at radius 3 is 2.34 bits per heavy atom. The van der Waals surface area contributed by atoms with Gasteiger partial charge < -0.3 is 15.4 Å². The molecule has 1 aliphatic heterocycles. The number of ether oxygens (including phenoxy) is 1. The van der Waals surface area contributed by atoms with Crippen LogP contribution in [0.1, 0.15) is 36.1 Å². The van der Waals surface area contributed by atoms with Gasteiger partial charge in [-0.3, -0.25) is 19.3 Å². The van der Waals surface area contributed by atoms with Crippen LogP contribution in [0.3, 0.4) is 0 Å². The number of halogens is 1. The summed E-state index contributed by atoms with van der Waals surface area (Å²) in [5, 5.41) is 5.26. The molecule has 0 unspecified atom stereocenters. The molecule has 8 nitrogen and oxygen atoms in total. The summed E-state index contributed by atoms with van der Waals surface area (Å²) < 4.78 is 18.0. The molecule has 32 heavy (non-hydrogen) atoms. The lowest BCUT2D eigenvalue weighted by Gasteiger charge is -2.23. The molecule has 0 spiro atoms. The monoisotopic (exact) mass is 441 g/mol. The zero-order valence-corrected chi connectivity index (χ0v) is 18.0. The summed E-state index contributed by atoms with van der Waals surface area (Å²) in [6.07, 6.45) is -0.112. The highest BCUT2D eigenvalue weighted by atomic mass is 19.1. The number of hydrogen-bond donors (Lipinski definition) is 2. The van der Waals surface area contributed by atoms with Crippen molar-refractivity contribution in [2.75, 3.05) is 13.7 Å². The lowest BCUT2D eigenvalue weighted by molar-refractivity contribution is -0.141. The number of methoxy groups -OCH3 is 1. The SMILES string of the molecule is COC(=O)C[C@@H](NC(=O)CN1C(=O)N[C@@](C)(c2ccc(F)cc2)C1=O)c1ccc(C)cc1. The number of aryl methyl sites for hydroxylation is 1. The molecule has 1 fully saturated rings. The first-order valence-corrected chi connectivity index (χ1v) is 9.97. The minimum atomic E-state index is -1.42. The Morgan fingerprint density at radius 1 is 1.12 bits per heavy atom. The van der Waals surface area contributed by atoms with E-state index in [-0.39, 0.29) is 6.42 Å². The number of nitrogens with one attached hydrogen (secondary N) is 2. The predicted octanol–water partition coefficient (Wildman–Crippen LogP) is 2.32. The summed E-state index contributed by atoms with van der Waals surface area (Å²) in [6.45, 7) is 2.86. The van der Waals surface area contributed by atoms with Crippen LogP contribution in [0.15, 0.2) is 48.5 Å². The van der Waals surface area contributed by atoms with Gasteiger partial charge in [-0.15, -0.1) is 0 Å². The highest BCUT2D eigenvalue weighted by Gasteiger charge is 2.49. The predicted molar refractivity (Wildman–Crippen MR) is 113 cm³/mol. The summed E-state index contributed by atoms with van der Waals surface area (Å²) in [6, 6.07) is 11.0. The van der Waals surface area contributed by atoms with Crippen molar-refractivity contribution in [3.8, 4) is 0 Å². The second-order valence-electron chi connectivity index (χ2n) is 7.76. The molecule has 0 bridgehead atoms. The van der Waals surface area contributed by atoms with Crippen molar-refractivity contribution >= 4 is 23.8 Å². The van der Waals surface area contributed by atoms with Gasteiger partial charge in [-0.1, -0.05) is 42.0 Å². The van der Waals surface area contributed by atoms with Crippen molar-refractivity contribution in [2.24, 2.45) is 0 Å². The summed E-state index contributed by atoms with van der Waals surface area (Å²) >= 11 is 0. The average molecular weight is 441 g/mol. The molecule has 1 heterocycles. The van der Waals surface area contributed by atoms with Crippen LogP contribution in [-0.4, -0.2) is 42.4 Å². The highest BCUT2D eigenvalue weighted by molar-refractivity contribution is 6.09. The Hall–Kier alpha value is -3.75. The van der Waals surface area contributed by atoms with Crippen molar-refractivity contribution in [2.45, 2.75) is 31.8 Å². The Morgan fingerprint density at radius 2 is 1.75 bits per heavy atom. The summed E-state index contributed by atoms with van der Waals surface area (Å²) in [7, 11) is 1.25. The number of urea groups is 1. The van der Waals surface area contributed by atoms with E-state index in [1.54, 1.807) is 12.1 Å². The van der Waals surface area contributed by atoms with Gasteiger partial charge in [-0.25, -0.2) is 9.18 Å². The van der Waals surface area contributed by atoms with Crippen LogP contribution >= 0.6 is 0 Å². The van der Waals surface area contributed by atoms with Gasteiger partial charge in [-0.2, -0.15) is 0 Å². The highest BCUT2D eigenvalue weighted by Crippen LogP contribution is 2.29. The number of nitrogens with zero attached hydrogens (tertiary/aromatic N) is 1. The second kappa shape index (κ2) is 9.17. The van der Waals surface area contributed by atoms with Crippen LogP contribution in [0.25, 0.3) is 0 Å². The third kappa shape index (κ3) is 4.77. The van der Waals surface area contributed by atoms with E-state index in [1.807, 2.05) is 19.1 Å². The van der Waals surface area contributed by atoms with Crippen molar-refractivity contribution in [1.29, 1.82) is 0 Å². The van der Waals surface area contributed by atoms with E-state index < -0.39 is 47.8 Å². The van der Waals surface area contributed by atoms with E-state index in [0.717, 1.165) is 10.5 Å². The van der Waals surface area contributed by atoms with E-state index in [4.69, 9.17) is 4.74 Å². The van der Waals surface area contributed by atoms with Crippen LogP contribution in [0.2, 0.25) is 0 Å². The molecule has 2 atom stereocenters. The van der Waals surface area contributed by atoms with Gasteiger partial charge in [0.15, 0.2) is 0 Å². The Labute approximate surface area is 184 Å². The van der Waals surface area contributed by atoms with Gasteiger partial charge >= 0.3 is 12.0 Å². The molecule has 2 N–H and O–H groups in total. The van der Waals surface area contributed by atoms with Gasteiger partial charge in [0, 0.05) is 0 Å².